The van der Waals surface area contributed by atoms with E-state index in [1.165, 1.54) is 12.3 Å². The molecule has 1 N–H and O–H groups in total. The van der Waals surface area contributed by atoms with E-state index in [1.54, 1.807) is 0 Å². The fourth-order valence-electron chi connectivity index (χ4n) is 2.03. The average Bonchev–Trinajstić information content (AvgIpc) is 2.77. The largest absolute Gasteiger partial charge is 0.478 e. The topological polar surface area (TPSA) is 62.9 Å². The van der Waals surface area contributed by atoms with Gasteiger partial charge < -0.3 is 14.3 Å². The Morgan fingerprint density at radius 3 is 3.18 bits per heavy atom. The first-order valence-electron chi connectivity index (χ1n) is 5.84. The number of carbonyl (C=O) groups is 1. The van der Waals surface area contributed by atoms with Crippen LogP contribution in [0, 0.1) is 0 Å². The molecule has 5 nitrogen and oxygen atoms in total. The van der Waals surface area contributed by atoms with Crippen molar-refractivity contribution in [2.45, 2.75) is 26.0 Å². The highest BCUT2D eigenvalue weighted by Gasteiger charge is 2.22. The van der Waals surface area contributed by atoms with E-state index >= 15 is 0 Å². The van der Waals surface area contributed by atoms with Gasteiger partial charge in [-0.25, -0.2) is 4.79 Å². The molecule has 1 aliphatic heterocycles. The number of ether oxygens (including phenoxy) is 1. The van der Waals surface area contributed by atoms with Crippen LogP contribution in [0.1, 0.15) is 29.5 Å². The Labute approximate surface area is 100.0 Å². The minimum Gasteiger partial charge on any atom is -0.478 e. The van der Waals surface area contributed by atoms with Gasteiger partial charge in [0, 0.05) is 13.1 Å². The van der Waals surface area contributed by atoms with Gasteiger partial charge >= 0.3 is 5.97 Å². The predicted octanol–water partition coefficient (Wildman–Crippen LogP) is 1.59. The van der Waals surface area contributed by atoms with Crippen molar-refractivity contribution in [1.82, 2.24) is 4.90 Å². The van der Waals surface area contributed by atoms with Crippen molar-refractivity contribution in [1.29, 1.82) is 0 Å². The molecule has 1 fully saturated rings. The van der Waals surface area contributed by atoms with Crippen LogP contribution < -0.4 is 0 Å². The highest BCUT2D eigenvalue weighted by Crippen LogP contribution is 2.16. The third-order valence-corrected chi connectivity index (χ3v) is 3.02. The van der Waals surface area contributed by atoms with Crippen LogP contribution in [0.3, 0.4) is 0 Å². The Kier molecular flexibility index (Phi) is 3.81. The maximum atomic E-state index is 10.9. The molecule has 94 valence electrons. The summed E-state index contributed by atoms with van der Waals surface area (Å²) >= 11 is 0. The second kappa shape index (κ2) is 5.33. The minimum absolute atomic E-state index is 0.243. The molecule has 0 aromatic carbocycles. The van der Waals surface area contributed by atoms with Gasteiger partial charge in [-0.3, -0.25) is 4.90 Å². The molecule has 0 spiro atoms. The summed E-state index contributed by atoms with van der Waals surface area (Å²) in [6.07, 6.45) is 2.64. The van der Waals surface area contributed by atoms with Crippen LogP contribution in [0.4, 0.5) is 0 Å². The monoisotopic (exact) mass is 239 g/mol. The van der Waals surface area contributed by atoms with E-state index < -0.39 is 5.97 Å². The van der Waals surface area contributed by atoms with E-state index in [4.69, 9.17) is 14.3 Å². The number of carboxylic acid groups (broad SMARTS) is 1. The van der Waals surface area contributed by atoms with E-state index in [0.717, 1.165) is 19.5 Å². The molecular weight excluding hydrogens is 222 g/mol. The van der Waals surface area contributed by atoms with Gasteiger partial charge in [0.15, 0.2) is 0 Å². The van der Waals surface area contributed by atoms with Crippen LogP contribution in [-0.2, 0) is 11.3 Å². The SMILES string of the molecule is CCC1CN(Cc2occc2C(=O)O)CCO1. The Hall–Kier alpha value is -1.33. The van der Waals surface area contributed by atoms with Crippen LogP contribution in [0.5, 0.6) is 0 Å². The van der Waals surface area contributed by atoms with E-state index in [0.29, 0.717) is 18.9 Å². The number of carboxylic acids is 1. The molecule has 1 aliphatic rings. The van der Waals surface area contributed by atoms with E-state index in [9.17, 15) is 4.79 Å². The molecule has 1 aromatic heterocycles. The lowest BCUT2D eigenvalue weighted by atomic mass is 10.2. The van der Waals surface area contributed by atoms with Gasteiger partial charge in [-0.15, -0.1) is 0 Å². The summed E-state index contributed by atoms with van der Waals surface area (Å²) in [7, 11) is 0. The fraction of sp³-hybridized carbons (Fsp3) is 0.583. The predicted molar refractivity (Wildman–Crippen MR) is 61.0 cm³/mol. The molecule has 5 heteroatoms. The molecule has 0 radical (unpaired) electrons. The summed E-state index contributed by atoms with van der Waals surface area (Å²) in [5, 5.41) is 8.98. The lowest BCUT2D eigenvalue weighted by Gasteiger charge is -2.31. The smallest absolute Gasteiger partial charge is 0.339 e. The first-order valence-corrected chi connectivity index (χ1v) is 5.84. The van der Waals surface area contributed by atoms with Crippen LogP contribution in [-0.4, -0.2) is 41.8 Å². The molecule has 0 amide bonds. The average molecular weight is 239 g/mol. The molecular formula is C12H17NO4. The first kappa shape index (κ1) is 12.1. The number of nitrogens with zero attached hydrogens (tertiary/aromatic N) is 1. The van der Waals surface area contributed by atoms with Gasteiger partial charge in [0.25, 0.3) is 0 Å². The van der Waals surface area contributed by atoms with Crippen molar-refractivity contribution >= 4 is 5.97 Å². The molecule has 1 saturated heterocycles. The van der Waals surface area contributed by atoms with Gasteiger partial charge in [-0.05, 0) is 12.5 Å². The Balaban J connectivity index is 2.00. The summed E-state index contributed by atoms with van der Waals surface area (Å²) in [6.45, 7) is 4.96. The Morgan fingerprint density at radius 2 is 2.47 bits per heavy atom. The maximum Gasteiger partial charge on any atom is 0.339 e. The summed E-state index contributed by atoms with van der Waals surface area (Å²) in [4.78, 5) is 13.1. The fourth-order valence-corrected chi connectivity index (χ4v) is 2.03. The van der Waals surface area contributed by atoms with Gasteiger partial charge in [-0.2, -0.15) is 0 Å². The van der Waals surface area contributed by atoms with Gasteiger partial charge in [-0.1, -0.05) is 6.92 Å². The van der Waals surface area contributed by atoms with Crippen LogP contribution in [0.2, 0.25) is 0 Å². The number of aromatic carboxylic acids is 1. The lowest BCUT2D eigenvalue weighted by molar-refractivity contribution is -0.0342. The zero-order valence-electron chi connectivity index (χ0n) is 9.89. The maximum absolute atomic E-state index is 10.9. The van der Waals surface area contributed by atoms with Crippen molar-refractivity contribution in [3.63, 3.8) is 0 Å². The Bertz CT molecular complexity index is 388. The molecule has 2 rings (SSSR count). The van der Waals surface area contributed by atoms with Crippen molar-refractivity contribution in [3.8, 4) is 0 Å². The standard InChI is InChI=1S/C12H17NO4/c1-2-9-7-13(4-6-16-9)8-11-10(12(14)15)3-5-17-11/h3,5,9H,2,4,6-8H2,1H3,(H,14,15). The molecule has 0 saturated carbocycles. The number of furan rings is 1. The molecule has 1 atom stereocenters. The molecule has 0 bridgehead atoms. The summed E-state index contributed by atoms with van der Waals surface area (Å²) in [5.41, 5.74) is 0.254. The second-order valence-electron chi connectivity index (χ2n) is 4.20. The quantitative estimate of drug-likeness (QED) is 0.864. The van der Waals surface area contributed by atoms with Crippen molar-refractivity contribution in [2.75, 3.05) is 19.7 Å². The zero-order valence-corrected chi connectivity index (χ0v) is 9.89. The summed E-state index contributed by atoms with van der Waals surface area (Å²) in [5.74, 6) is -0.414. The molecule has 17 heavy (non-hydrogen) atoms. The Morgan fingerprint density at radius 1 is 1.65 bits per heavy atom. The van der Waals surface area contributed by atoms with E-state index in [1.807, 2.05) is 0 Å². The third-order valence-electron chi connectivity index (χ3n) is 3.02. The van der Waals surface area contributed by atoms with Crippen LogP contribution >= 0.6 is 0 Å². The van der Waals surface area contributed by atoms with Crippen molar-refractivity contribution in [2.24, 2.45) is 0 Å². The van der Waals surface area contributed by atoms with Gasteiger partial charge in [0.2, 0.25) is 0 Å². The molecule has 1 aromatic rings. The van der Waals surface area contributed by atoms with Crippen LogP contribution in [0.15, 0.2) is 16.7 Å². The van der Waals surface area contributed by atoms with Gasteiger partial charge in [0.1, 0.15) is 11.3 Å². The highest BCUT2D eigenvalue weighted by molar-refractivity contribution is 5.88. The van der Waals surface area contributed by atoms with E-state index in [-0.39, 0.29) is 11.7 Å². The number of hydrogen-bond acceptors (Lipinski definition) is 4. The first-order chi connectivity index (χ1) is 8.20. The van der Waals surface area contributed by atoms with E-state index in [2.05, 4.69) is 11.8 Å². The normalized spacial score (nSPS) is 21.6. The minimum atomic E-state index is -0.936. The van der Waals surface area contributed by atoms with Gasteiger partial charge in [0.05, 0.1) is 25.5 Å². The van der Waals surface area contributed by atoms with Crippen molar-refractivity contribution in [3.05, 3.63) is 23.7 Å². The second-order valence-corrected chi connectivity index (χ2v) is 4.20. The zero-order chi connectivity index (χ0) is 12.3. The third kappa shape index (κ3) is 2.87. The number of morpholine rings is 1. The summed E-state index contributed by atoms with van der Waals surface area (Å²) in [6, 6.07) is 1.50. The molecule has 1 unspecified atom stereocenters. The number of hydrogen-bond donors (Lipinski definition) is 1. The van der Waals surface area contributed by atoms with Crippen LogP contribution in [0.25, 0.3) is 0 Å². The highest BCUT2D eigenvalue weighted by atomic mass is 16.5. The molecule has 0 aliphatic carbocycles. The molecule has 2 heterocycles. The number of rotatable bonds is 4. The van der Waals surface area contributed by atoms with Crippen molar-refractivity contribution < 1.29 is 19.1 Å². The summed E-state index contributed by atoms with van der Waals surface area (Å²) < 4.78 is 10.8. The lowest BCUT2D eigenvalue weighted by Crippen LogP contribution is -2.41.